The lowest BCUT2D eigenvalue weighted by atomic mass is 10.2. The highest BCUT2D eigenvalue weighted by Gasteiger charge is 2.15. The zero-order chi connectivity index (χ0) is 13.8. The SMILES string of the molecule is O=C(Nc1ncco1)c1ccnc(N2CCOCC2)c1. The minimum atomic E-state index is -0.274. The maximum absolute atomic E-state index is 12.1. The molecule has 7 heteroatoms. The van der Waals surface area contributed by atoms with Crippen LogP contribution < -0.4 is 10.2 Å². The van der Waals surface area contributed by atoms with Gasteiger partial charge in [0.25, 0.3) is 5.91 Å². The van der Waals surface area contributed by atoms with Crippen LogP contribution in [-0.4, -0.2) is 42.2 Å². The first-order valence-electron chi connectivity index (χ1n) is 6.32. The topological polar surface area (TPSA) is 80.5 Å². The predicted molar refractivity (Wildman–Crippen MR) is 71.7 cm³/mol. The molecule has 1 saturated heterocycles. The fourth-order valence-electron chi connectivity index (χ4n) is 1.98. The van der Waals surface area contributed by atoms with Gasteiger partial charge >= 0.3 is 6.01 Å². The molecule has 2 aromatic rings. The Morgan fingerprint density at radius 2 is 2.10 bits per heavy atom. The molecule has 1 amide bonds. The summed E-state index contributed by atoms with van der Waals surface area (Å²) in [5, 5.41) is 2.58. The molecule has 104 valence electrons. The number of anilines is 2. The van der Waals surface area contributed by atoms with Gasteiger partial charge in [0, 0.05) is 24.8 Å². The molecule has 0 aromatic carbocycles. The van der Waals surface area contributed by atoms with E-state index >= 15 is 0 Å². The number of amides is 1. The van der Waals surface area contributed by atoms with E-state index < -0.39 is 0 Å². The van der Waals surface area contributed by atoms with Gasteiger partial charge < -0.3 is 14.1 Å². The summed E-state index contributed by atoms with van der Waals surface area (Å²) >= 11 is 0. The molecule has 3 rings (SSSR count). The average Bonchev–Trinajstić information content (AvgIpc) is 3.01. The Bertz CT molecular complexity index is 579. The van der Waals surface area contributed by atoms with Gasteiger partial charge in [-0.25, -0.2) is 9.97 Å². The smallest absolute Gasteiger partial charge is 0.301 e. The third-order valence-electron chi connectivity index (χ3n) is 3.00. The van der Waals surface area contributed by atoms with E-state index in [9.17, 15) is 4.79 Å². The van der Waals surface area contributed by atoms with Crippen LogP contribution in [0.4, 0.5) is 11.8 Å². The number of nitrogens with zero attached hydrogens (tertiary/aromatic N) is 3. The van der Waals surface area contributed by atoms with Gasteiger partial charge in [-0.05, 0) is 12.1 Å². The Morgan fingerprint density at radius 3 is 2.85 bits per heavy atom. The molecule has 0 radical (unpaired) electrons. The summed E-state index contributed by atoms with van der Waals surface area (Å²) in [6, 6.07) is 3.59. The fourth-order valence-corrected chi connectivity index (χ4v) is 1.98. The second-order valence-electron chi connectivity index (χ2n) is 4.29. The lowest BCUT2D eigenvalue weighted by Crippen LogP contribution is -2.36. The minimum absolute atomic E-state index is 0.180. The number of carbonyl (C=O) groups is 1. The minimum Gasteiger partial charge on any atom is -0.432 e. The van der Waals surface area contributed by atoms with Crippen LogP contribution in [0.5, 0.6) is 0 Å². The van der Waals surface area contributed by atoms with Gasteiger partial charge in [-0.15, -0.1) is 0 Å². The summed E-state index contributed by atoms with van der Waals surface area (Å²) in [5.74, 6) is 0.498. The highest BCUT2D eigenvalue weighted by atomic mass is 16.5. The summed E-state index contributed by atoms with van der Waals surface area (Å²) in [4.78, 5) is 22.3. The normalized spacial score (nSPS) is 15.1. The lowest BCUT2D eigenvalue weighted by Gasteiger charge is -2.27. The Labute approximate surface area is 115 Å². The van der Waals surface area contributed by atoms with Crippen LogP contribution in [0.1, 0.15) is 10.4 Å². The van der Waals surface area contributed by atoms with Gasteiger partial charge in [0.15, 0.2) is 0 Å². The third kappa shape index (κ3) is 2.77. The Hall–Kier alpha value is -2.41. The highest BCUT2D eigenvalue weighted by molar-refractivity contribution is 6.03. The van der Waals surface area contributed by atoms with Crippen molar-refractivity contribution >= 4 is 17.7 Å². The average molecular weight is 274 g/mol. The summed E-state index contributed by atoms with van der Waals surface area (Å²) in [5.41, 5.74) is 0.514. The maximum Gasteiger partial charge on any atom is 0.301 e. The van der Waals surface area contributed by atoms with E-state index in [0.29, 0.717) is 18.8 Å². The van der Waals surface area contributed by atoms with Gasteiger partial charge in [-0.2, -0.15) is 0 Å². The predicted octanol–water partition coefficient (Wildman–Crippen LogP) is 1.16. The standard InChI is InChI=1S/C13H14N4O3/c18-12(16-13-15-3-6-20-13)10-1-2-14-11(9-10)17-4-7-19-8-5-17/h1-3,6,9H,4-5,7-8H2,(H,15,16,18). The molecule has 0 unspecified atom stereocenters. The van der Waals surface area contributed by atoms with Gasteiger partial charge in [0.1, 0.15) is 12.1 Å². The molecule has 3 heterocycles. The van der Waals surface area contributed by atoms with E-state index in [1.807, 2.05) is 0 Å². The highest BCUT2D eigenvalue weighted by Crippen LogP contribution is 2.15. The number of ether oxygens (including phenoxy) is 1. The second-order valence-corrected chi connectivity index (χ2v) is 4.29. The van der Waals surface area contributed by atoms with Crippen molar-refractivity contribution in [3.8, 4) is 0 Å². The Balaban J connectivity index is 1.74. The van der Waals surface area contributed by atoms with Crippen LogP contribution in [-0.2, 0) is 4.74 Å². The van der Waals surface area contributed by atoms with E-state index in [2.05, 4.69) is 20.2 Å². The van der Waals surface area contributed by atoms with Crippen molar-refractivity contribution in [3.05, 3.63) is 36.4 Å². The zero-order valence-electron chi connectivity index (χ0n) is 10.8. The molecule has 1 N–H and O–H groups in total. The molecule has 1 aliphatic rings. The Kier molecular flexibility index (Phi) is 3.60. The molecule has 1 aliphatic heterocycles. The number of hydrogen-bond acceptors (Lipinski definition) is 6. The van der Waals surface area contributed by atoms with E-state index in [1.54, 1.807) is 18.3 Å². The first-order valence-corrected chi connectivity index (χ1v) is 6.32. The van der Waals surface area contributed by atoms with Crippen LogP contribution >= 0.6 is 0 Å². The molecule has 0 spiro atoms. The molecule has 1 fully saturated rings. The van der Waals surface area contributed by atoms with Gasteiger partial charge in [0.05, 0.1) is 19.4 Å². The first-order chi connectivity index (χ1) is 9.83. The molecule has 0 saturated carbocycles. The largest absolute Gasteiger partial charge is 0.432 e. The second kappa shape index (κ2) is 5.70. The molecule has 0 atom stereocenters. The monoisotopic (exact) mass is 274 g/mol. The fraction of sp³-hybridized carbons (Fsp3) is 0.308. The van der Waals surface area contributed by atoms with Crippen molar-refractivity contribution in [1.29, 1.82) is 0 Å². The maximum atomic E-state index is 12.1. The van der Waals surface area contributed by atoms with E-state index in [4.69, 9.17) is 9.15 Å². The van der Waals surface area contributed by atoms with Crippen LogP contribution in [0.2, 0.25) is 0 Å². The molecule has 20 heavy (non-hydrogen) atoms. The van der Waals surface area contributed by atoms with Gasteiger partial charge in [-0.3, -0.25) is 10.1 Å². The molecular weight excluding hydrogens is 260 g/mol. The van der Waals surface area contributed by atoms with Crippen LogP contribution in [0.15, 0.2) is 35.2 Å². The lowest BCUT2D eigenvalue weighted by molar-refractivity contribution is 0.102. The zero-order valence-corrected chi connectivity index (χ0v) is 10.8. The summed E-state index contributed by atoms with van der Waals surface area (Å²) < 4.78 is 10.3. The molecule has 7 nitrogen and oxygen atoms in total. The number of pyridine rings is 1. The number of oxazole rings is 1. The van der Waals surface area contributed by atoms with Crippen molar-refractivity contribution in [2.45, 2.75) is 0 Å². The number of hydrogen-bond donors (Lipinski definition) is 1. The summed E-state index contributed by atoms with van der Waals surface area (Å²) in [6.07, 6.45) is 4.50. The summed E-state index contributed by atoms with van der Waals surface area (Å²) in [7, 11) is 0. The Morgan fingerprint density at radius 1 is 1.25 bits per heavy atom. The number of morpholine rings is 1. The third-order valence-corrected chi connectivity index (χ3v) is 3.00. The number of aromatic nitrogens is 2. The molecule has 2 aromatic heterocycles. The first kappa shape index (κ1) is 12.6. The molecule has 0 aliphatic carbocycles. The van der Waals surface area contributed by atoms with Crippen molar-refractivity contribution in [1.82, 2.24) is 9.97 Å². The van der Waals surface area contributed by atoms with Crippen molar-refractivity contribution in [2.24, 2.45) is 0 Å². The summed E-state index contributed by atoms with van der Waals surface area (Å²) in [6.45, 7) is 2.90. The quantitative estimate of drug-likeness (QED) is 0.904. The van der Waals surface area contributed by atoms with Gasteiger partial charge in [-0.1, -0.05) is 0 Å². The van der Waals surface area contributed by atoms with Crippen LogP contribution in [0.3, 0.4) is 0 Å². The number of carbonyl (C=O) groups excluding carboxylic acids is 1. The van der Waals surface area contributed by atoms with E-state index in [0.717, 1.165) is 18.9 Å². The number of rotatable bonds is 3. The van der Waals surface area contributed by atoms with E-state index in [-0.39, 0.29) is 11.9 Å². The van der Waals surface area contributed by atoms with Crippen LogP contribution in [0.25, 0.3) is 0 Å². The van der Waals surface area contributed by atoms with Crippen molar-refractivity contribution in [2.75, 3.05) is 36.5 Å². The molecule has 0 bridgehead atoms. The van der Waals surface area contributed by atoms with Crippen molar-refractivity contribution in [3.63, 3.8) is 0 Å². The molecular formula is C13H14N4O3. The van der Waals surface area contributed by atoms with Crippen molar-refractivity contribution < 1.29 is 13.9 Å². The van der Waals surface area contributed by atoms with Gasteiger partial charge in [0.2, 0.25) is 0 Å². The van der Waals surface area contributed by atoms with Crippen LogP contribution in [0, 0.1) is 0 Å². The van der Waals surface area contributed by atoms with E-state index in [1.165, 1.54) is 12.5 Å². The number of nitrogens with one attached hydrogen (secondary N) is 1.